The average Bonchev–Trinajstić information content (AvgIpc) is 2.51. The van der Waals surface area contributed by atoms with Gasteiger partial charge in [0.25, 0.3) is 0 Å². The lowest BCUT2D eigenvalue weighted by molar-refractivity contribution is 0.173. The van der Waals surface area contributed by atoms with Gasteiger partial charge in [-0.05, 0) is 12.8 Å². The van der Waals surface area contributed by atoms with Gasteiger partial charge in [0.15, 0.2) is 0 Å². The molecule has 1 fully saturated rings. The summed E-state index contributed by atoms with van der Waals surface area (Å²) in [5, 5.41) is 0. The second kappa shape index (κ2) is 2.71. The molecule has 1 aliphatic carbocycles. The van der Waals surface area contributed by atoms with E-state index in [0.717, 1.165) is 0 Å². The van der Waals surface area contributed by atoms with Crippen molar-refractivity contribution < 1.29 is 4.84 Å². The molecule has 1 aliphatic rings. The van der Waals surface area contributed by atoms with Crippen LogP contribution in [-0.2, 0) is 4.84 Å². The lowest BCUT2D eigenvalue weighted by atomic mass is 10.4. The molecule has 0 atom stereocenters. The summed E-state index contributed by atoms with van der Waals surface area (Å²) in [5.74, 6) is 11.2. The quantitative estimate of drug-likeness (QED) is 0.390. The maximum atomic E-state index is 4.73. The molecule has 0 aliphatic heterocycles. The van der Waals surface area contributed by atoms with Crippen molar-refractivity contribution in [1.29, 1.82) is 0 Å². The molecule has 0 aromatic rings. The fraction of sp³-hybridized carbons (Fsp3) is 0.667. The van der Waals surface area contributed by atoms with Gasteiger partial charge in [-0.1, -0.05) is 11.8 Å². The maximum Gasteiger partial charge on any atom is 0.128 e. The summed E-state index contributed by atoms with van der Waals surface area (Å²) in [4.78, 5) is 4.25. The minimum atomic E-state index is 0.372. The summed E-state index contributed by atoms with van der Waals surface area (Å²) in [6.45, 7) is 0.372. The van der Waals surface area contributed by atoms with E-state index in [1.807, 2.05) is 0 Å². The lowest BCUT2D eigenvalue weighted by Crippen LogP contribution is -1.97. The normalized spacial score (nSPS) is 17.1. The Kier molecular flexibility index (Phi) is 1.90. The SMILES string of the molecule is NOCC#CC1CC1. The highest BCUT2D eigenvalue weighted by Crippen LogP contribution is 2.27. The smallest absolute Gasteiger partial charge is 0.128 e. The van der Waals surface area contributed by atoms with E-state index in [1.54, 1.807) is 0 Å². The molecule has 0 aromatic heterocycles. The highest BCUT2D eigenvalue weighted by Gasteiger charge is 2.17. The summed E-state index contributed by atoms with van der Waals surface area (Å²) in [6, 6.07) is 0. The fourth-order valence-corrected chi connectivity index (χ4v) is 0.455. The molecule has 0 spiro atoms. The lowest BCUT2D eigenvalue weighted by Gasteiger charge is -1.79. The molecule has 0 bridgehead atoms. The topological polar surface area (TPSA) is 35.2 Å². The number of hydrogen-bond acceptors (Lipinski definition) is 2. The van der Waals surface area contributed by atoms with Crippen molar-refractivity contribution >= 4 is 0 Å². The standard InChI is InChI=1S/C6H9NO/c7-8-5-1-2-6-3-4-6/h6H,3-5,7H2. The van der Waals surface area contributed by atoms with Crippen LogP contribution in [0.1, 0.15) is 12.8 Å². The Hall–Kier alpha value is -0.520. The van der Waals surface area contributed by atoms with Crippen LogP contribution in [0.5, 0.6) is 0 Å². The Labute approximate surface area is 49.0 Å². The monoisotopic (exact) mass is 111 g/mol. The molecule has 0 aromatic carbocycles. The van der Waals surface area contributed by atoms with E-state index in [2.05, 4.69) is 16.7 Å². The van der Waals surface area contributed by atoms with Gasteiger partial charge in [0.1, 0.15) is 6.61 Å². The third-order valence-corrected chi connectivity index (χ3v) is 1.04. The van der Waals surface area contributed by atoms with Crippen LogP contribution in [0.25, 0.3) is 0 Å². The summed E-state index contributed by atoms with van der Waals surface area (Å²) in [6.07, 6.45) is 2.52. The van der Waals surface area contributed by atoms with Crippen molar-refractivity contribution in [2.45, 2.75) is 12.8 Å². The molecule has 0 saturated heterocycles. The highest BCUT2D eigenvalue weighted by molar-refractivity contribution is 5.09. The van der Waals surface area contributed by atoms with E-state index in [4.69, 9.17) is 5.90 Å². The zero-order chi connectivity index (χ0) is 5.82. The Morgan fingerprint density at radius 1 is 1.62 bits per heavy atom. The van der Waals surface area contributed by atoms with Crippen LogP contribution < -0.4 is 5.90 Å². The molecule has 2 heteroatoms. The third kappa shape index (κ3) is 1.97. The van der Waals surface area contributed by atoms with Gasteiger partial charge in [0.2, 0.25) is 0 Å². The maximum absolute atomic E-state index is 4.73. The molecular weight excluding hydrogens is 102 g/mol. The molecule has 2 N–H and O–H groups in total. The molecule has 1 saturated carbocycles. The van der Waals surface area contributed by atoms with Gasteiger partial charge < -0.3 is 0 Å². The number of hydrogen-bond donors (Lipinski definition) is 1. The van der Waals surface area contributed by atoms with Gasteiger partial charge >= 0.3 is 0 Å². The molecule has 1 rings (SSSR count). The van der Waals surface area contributed by atoms with Gasteiger partial charge in [-0.15, -0.1) is 0 Å². The van der Waals surface area contributed by atoms with E-state index in [0.29, 0.717) is 12.5 Å². The van der Waals surface area contributed by atoms with Crippen LogP contribution in [0.3, 0.4) is 0 Å². The van der Waals surface area contributed by atoms with Gasteiger partial charge in [-0.25, -0.2) is 5.90 Å². The first-order valence-corrected chi connectivity index (χ1v) is 2.73. The Morgan fingerprint density at radius 2 is 2.38 bits per heavy atom. The average molecular weight is 111 g/mol. The van der Waals surface area contributed by atoms with Crippen LogP contribution in [0.4, 0.5) is 0 Å². The van der Waals surface area contributed by atoms with Crippen molar-refractivity contribution in [3.8, 4) is 11.8 Å². The van der Waals surface area contributed by atoms with E-state index < -0.39 is 0 Å². The van der Waals surface area contributed by atoms with Crippen LogP contribution >= 0.6 is 0 Å². The summed E-state index contributed by atoms with van der Waals surface area (Å²) < 4.78 is 0. The van der Waals surface area contributed by atoms with Gasteiger partial charge in [-0.2, -0.15) is 0 Å². The minimum absolute atomic E-state index is 0.372. The molecular formula is C6H9NO. The number of rotatable bonds is 1. The van der Waals surface area contributed by atoms with E-state index in [9.17, 15) is 0 Å². The molecule has 0 amide bonds. The minimum Gasteiger partial charge on any atom is -0.292 e. The second-order valence-electron chi connectivity index (χ2n) is 1.91. The summed E-state index contributed by atoms with van der Waals surface area (Å²) in [5.41, 5.74) is 0. The van der Waals surface area contributed by atoms with Crippen molar-refractivity contribution in [3.05, 3.63) is 0 Å². The Balaban J connectivity index is 2.05. The fourth-order valence-electron chi connectivity index (χ4n) is 0.455. The summed E-state index contributed by atoms with van der Waals surface area (Å²) in [7, 11) is 0. The van der Waals surface area contributed by atoms with E-state index >= 15 is 0 Å². The summed E-state index contributed by atoms with van der Waals surface area (Å²) >= 11 is 0. The zero-order valence-corrected chi connectivity index (χ0v) is 4.68. The van der Waals surface area contributed by atoms with Crippen molar-refractivity contribution in [1.82, 2.24) is 0 Å². The van der Waals surface area contributed by atoms with Crippen molar-refractivity contribution in [2.75, 3.05) is 6.61 Å². The molecule has 0 unspecified atom stereocenters. The van der Waals surface area contributed by atoms with Crippen molar-refractivity contribution in [3.63, 3.8) is 0 Å². The zero-order valence-electron chi connectivity index (χ0n) is 4.68. The van der Waals surface area contributed by atoms with Crippen LogP contribution in [0, 0.1) is 17.8 Å². The number of nitrogens with two attached hydrogens (primary N) is 1. The predicted molar refractivity (Wildman–Crippen MR) is 30.6 cm³/mol. The first-order valence-electron chi connectivity index (χ1n) is 2.73. The predicted octanol–water partition coefficient (Wildman–Crippen LogP) is 0.290. The van der Waals surface area contributed by atoms with Gasteiger partial charge in [0.05, 0.1) is 0 Å². The van der Waals surface area contributed by atoms with Crippen LogP contribution in [-0.4, -0.2) is 6.61 Å². The van der Waals surface area contributed by atoms with Gasteiger partial charge in [-0.3, -0.25) is 4.84 Å². The van der Waals surface area contributed by atoms with E-state index in [1.165, 1.54) is 12.8 Å². The first kappa shape index (κ1) is 5.61. The molecule has 0 radical (unpaired) electrons. The van der Waals surface area contributed by atoms with Crippen molar-refractivity contribution in [2.24, 2.45) is 11.8 Å². The third-order valence-electron chi connectivity index (χ3n) is 1.04. The van der Waals surface area contributed by atoms with Gasteiger partial charge in [0, 0.05) is 5.92 Å². The Morgan fingerprint density at radius 3 is 2.88 bits per heavy atom. The molecule has 44 valence electrons. The first-order chi connectivity index (χ1) is 3.93. The molecule has 2 nitrogen and oxygen atoms in total. The van der Waals surface area contributed by atoms with Crippen LogP contribution in [0.15, 0.2) is 0 Å². The largest absolute Gasteiger partial charge is 0.292 e. The highest BCUT2D eigenvalue weighted by atomic mass is 16.6. The second-order valence-corrected chi connectivity index (χ2v) is 1.91. The van der Waals surface area contributed by atoms with E-state index in [-0.39, 0.29) is 0 Å². The molecule has 0 heterocycles. The van der Waals surface area contributed by atoms with Crippen LogP contribution in [0.2, 0.25) is 0 Å². The Bertz CT molecular complexity index is 118. The molecule has 8 heavy (non-hydrogen) atoms.